The predicted octanol–water partition coefficient (Wildman–Crippen LogP) is 1.01. The summed E-state index contributed by atoms with van der Waals surface area (Å²) in [6.07, 6.45) is 1.61. The monoisotopic (exact) mass is 247 g/mol. The zero-order valence-electron chi connectivity index (χ0n) is 9.91. The average Bonchev–Trinajstić information content (AvgIpc) is 2.75. The number of benzene rings is 1. The summed E-state index contributed by atoms with van der Waals surface area (Å²) in [6, 6.07) is 6.66. The molecule has 0 atom stereocenters. The lowest BCUT2D eigenvalue weighted by Gasteiger charge is -2.03. The molecule has 0 saturated heterocycles. The first-order valence-electron chi connectivity index (χ1n) is 5.44. The molecule has 7 nitrogen and oxygen atoms in total. The largest absolute Gasteiger partial charge is 0.305 e. The molecule has 1 heterocycles. The number of hydrogen-bond acceptors (Lipinski definition) is 5. The van der Waals surface area contributed by atoms with Crippen LogP contribution in [0.25, 0.3) is 0 Å². The van der Waals surface area contributed by atoms with Gasteiger partial charge in [-0.25, -0.2) is 4.98 Å². The van der Waals surface area contributed by atoms with Gasteiger partial charge in [0.2, 0.25) is 0 Å². The number of para-hydroxylation sites is 1. The van der Waals surface area contributed by atoms with E-state index in [9.17, 15) is 10.1 Å². The molecule has 0 bridgehead atoms. The van der Waals surface area contributed by atoms with Crippen molar-refractivity contribution in [1.29, 1.82) is 0 Å². The molecular formula is C11H13N5O2. The Morgan fingerprint density at radius 3 is 2.83 bits per heavy atom. The first-order chi connectivity index (χ1) is 8.66. The van der Waals surface area contributed by atoms with Crippen molar-refractivity contribution < 1.29 is 4.92 Å². The van der Waals surface area contributed by atoms with Crippen LogP contribution in [0.5, 0.6) is 0 Å². The second-order valence-corrected chi connectivity index (χ2v) is 3.82. The van der Waals surface area contributed by atoms with Crippen LogP contribution < -0.4 is 5.32 Å². The fraction of sp³-hybridized carbons (Fsp3) is 0.273. The van der Waals surface area contributed by atoms with Crippen molar-refractivity contribution in [2.45, 2.75) is 13.1 Å². The maximum absolute atomic E-state index is 10.8. The van der Waals surface area contributed by atoms with Gasteiger partial charge in [-0.05, 0) is 0 Å². The topological polar surface area (TPSA) is 85.9 Å². The molecule has 7 heteroatoms. The Bertz CT molecular complexity index is 552. The molecule has 0 radical (unpaired) electrons. The normalized spacial score (nSPS) is 10.5. The van der Waals surface area contributed by atoms with Gasteiger partial charge in [0.15, 0.2) is 5.82 Å². The molecule has 0 amide bonds. The van der Waals surface area contributed by atoms with Gasteiger partial charge in [0.05, 0.1) is 11.5 Å². The Kier molecular flexibility index (Phi) is 3.63. The van der Waals surface area contributed by atoms with Gasteiger partial charge in [0, 0.05) is 25.2 Å². The van der Waals surface area contributed by atoms with E-state index in [2.05, 4.69) is 15.4 Å². The third-order valence-electron chi connectivity index (χ3n) is 2.43. The van der Waals surface area contributed by atoms with E-state index < -0.39 is 0 Å². The van der Waals surface area contributed by atoms with Crippen LogP contribution in [0.4, 0.5) is 5.69 Å². The van der Waals surface area contributed by atoms with E-state index in [4.69, 9.17) is 0 Å². The number of nitrogens with one attached hydrogen (secondary N) is 1. The van der Waals surface area contributed by atoms with E-state index in [0.29, 0.717) is 24.5 Å². The van der Waals surface area contributed by atoms with Crippen molar-refractivity contribution in [1.82, 2.24) is 20.1 Å². The minimum Gasteiger partial charge on any atom is -0.305 e. The molecule has 94 valence electrons. The van der Waals surface area contributed by atoms with E-state index in [1.807, 2.05) is 0 Å². The zero-order chi connectivity index (χ0) is 13.0. The standard InChI is InChI=1S/C11H13N5O2/c1-15-8-13-11(14-15)7-12-6-9-4-2-3-5-10(9)16(17)18/h2-5,8,12H,6-7H2,1H3. The molecular weight excluding hydrogens is 234 g/mol. The summed E-state index contributed by atoms with van der Waals surface area (Å²) in [7, 11) is 1.79. The highest BCUT2D eigenvalue weighted by Crippen LogP contribution is 2.17. The molecule has 1 aromatic heterocycles. The minimum absolute atomic E-state index is 0.124. The van der Waals surface area contributed by atoms with Gasteiger partial charge >= 0.3 is 0 Å². The molecule has 0 aliphatic rings. The van der Waals surface area contributed by atoms with Gasteiger partial charge in [0.25, 0.3) is 5.69 Å². The van der Waals surface area contributed by atoms with Crippen LogP contribution in [-0.4, -0.2) is 19.7 Å². The molecule has 2 rings (SSSR count). The summed E-state index contributed by atoms with van der Waals surface area (Å²) in [4.78, 5) is 14.5. The zero-order valence-corrected chi connectivity index (χ0v) is 9.91. The number of nitrogens with zero attached hydrogens (tertiary/aromatic N) is 4. The SMILES string of the molecule is Cn1cnc(CNCc2ccccc2[N+](=O)[O-])n1. The van der Waals surface area contributed by atoms with Crippen LogP contribution in [0.3, 0.4) is 0 Å². The van der Waals surface area contributed by atoms with E-state index in [-0.39, 0.29) is 10.6 Å². The second-order valence-electron chi connectivity index (χ2n) is 3.82. The molecule has 0 unspecified atom stereocenters. The smallest absolute Gasteiger partial charge is 0.273 e. The third kappa shape index (κ3) is 2.89. The fourth-order valence-corrected chi connectivity index (χ4v) is 1.61. The molecule has 1 N–H and O–H groups in total. The molecule has 0 aliphatic carbocycles. The molecule has 0 saturated carbocycles. The lowest BCUT2D eigenvalue weighted by atomic mass is 10.2. The van der Waals surface area contributed by atoms with Crippen molar-refractivity contribution in [2.24, 2.45) is 7.05 Å². The number of nitro groups is 1. The van der Waals surface area contributed by atoms with Crippen molar-refractivity contribution in [3.05, 3.63) is 52.1 Å². The summed E-state index contributed by atoms with van der Waals surface area (Å²) >= 11 is 0. The summed E-state index contributed by atoms with van der Waals surface area (Å²) in [6.45, 7) is 0.891. The van der Waals surface area contributed by atoms with E-state index in [1.54, 1.807) is 36.3 Å². The second kappa shape index (κ2) is 5.37. The first kappa shape index (κ1) is 12.2. The number of hydrogen-bond donors (Lipinski definition) is 1. The number of aryl methyl sites for hydroxylation is 1. The van der Waals surface area contributed by atoms with E-state index in [0.717, 1.165) is 0 Å². The van der Waals surface area contributed by atoms with Crippen molar-refractivity contribution in [3.63, 3.8) is 0 Å². The first-order valence-corrected chi connectivity index (χ1v) is 5.44. The highest BCUT2D eigenvalue weighted by Gasteiger charge is 2.11. The summed E-state index contributed by atoms with van der Waals surface area (Å²) in [5, 5.41) is 18.0. The van der Waals surface area contributed by atoms with E-state index >= 15 is 0 Å². The van der Waals surface area contributed by atoms with Gasteiger partial charge < -0.3 is 5.32 Å². The van der Waals surface area contributed by atoms with Gasteiger partial charge in [-0.3, -0.25) is 14.8 Å². The van der Waals surface area contributed by atoms with Crippen LogP contribution in [0.15, 0.2) is 30.6 Å². The Morgan fingerprint density at radius 1 is 1.39 bits per heavy atom. The van der Waals surface area contributed by atoms with E-state index in [1.165, 1.54) is 6.07 Å². The number of nitro benzene ring substituents is 1. The van der Waals surface area contributed by atoms with Crippen molar-refractivity contribution >= 4 is 5.69 Å². The van der Waals surface area contributed by atoms with Crippen molar-refractivity contribution in [2.75, 3.05) is 0 Å². The van der Waals surface area contributed by atoms with Gasteiger partial charge in [-0.1, -0.05) is 18.2 Å². The summed E-state index contributed by atoms with van der Waals surface area (Å²) in [5.74, 6) is 0.663. The lowest BCUT2D eigenvalue weighted by Crippen LogP contribution is -2.15. The van der Waals surface area contributed by atoms with Crippen LogP contribution in [0.2, 0.25) is 0 Å². The maximum Gasteiger partial charge on any atom is 0.273 e. The molecule has 18 heavy (non-hydrogen) atoms. The Labute approximate surface area is 104 Å². The van der Waals surface area contributed by atoms with Gasteiger partial charge in [-0.15, -0.1) is 0 Å². The quantitative estimate of drug-likeness (QED) is 0.629. The molecule has 0 spiro atoms. The predicted molar refractivity (Wildman–Crippen MR) is 64.6 cm³/mol. The molecule has 0 fully saturated rings. The summed E-state index contributed by atoms with van der Waals surface area (Å²) in [5.41, 5.74) is 0.775. The van der Waals surface area contributed by atoms with Crippen LogP contribution >= 0.6 is 0 Å². The van der Waals surface area contributed by atoms with Crippen LogP contribution in [-0.2, 0) is 20.1 Å². The molecule has 0 aliphatic heterocycles. The number of rotatable bonds is 5. The third-order valence-corrected chi connectivity index (χ3v) is 2.43. The van der Waals surface area contributed by atoms with Gasteiger partial charge in [0.1, 0.15) is 6.33 Å². The Hall–Kier alpha value is -2.28. The molecule has 1 aromatic carbocycles. The average molecular weight is 247 g/mol. The van der Waals surface area contributed by atoms with Crippen LogP contribution in [0, 0.1) is 10.1 Å². The molecule has 2 aromatic rings. The van der Waals surface area contributed by atoms with Crippen LogP contribution in [0.1, 0.15) is 11.4 Å². The summed E-state index contributed by atoms with van der Waals surface area (Å²) < 4.78 is 1.61. The highest BCUT2D eigenvalue weighted by atomic mass is 16.6. The fourth-order valence-electron chi connectivity index (χ4n) is 1.61. The number of aromatic nitrogens is 3. The minimum atomic E-state index is -0.379. The Balaban J connectivity index is 1.96. The van der Waals surface area contributed by atoms with Crippen molar-refractivity contribution in [3.8, 4) is 0 Å². The highest BCUT2D eigenvalue weighted by molar-refractivity contribution is 5.39. The lowest BCUT2D eigenvalue weighted by molar-refractivity contribution is -0.385. The maximum atomic E-state index is 10.8. The Morgan fingerprint density at radius 2 is 2.17 bits per heavy atom. The van der Waals surface area contributed by atoms with Gasteiger partial charge in [-0.2, -0.15) is 5.10 Å².